The summed E-state index contributed by atoms with van der Waals surface area (Å²) in [5.74, 6) is -0.122. The zero-order chi connectivity index (χ0) is 23.1. The van der Waals surface area contributed by atoms with Gasteiger partial charge in [-0.1, -0.05) is 13.0 Å². The molecule has 0 aromatic carbocycles. The minimum Gasteiger partial charge on any atom is -0.368 e. The lowest BCUT2D eigenvalue weighted by Gasteiger charge is -2.36. The fraction of sp³-hybridized carbons (Fsp3) is 0.565. The third kappa shape index (κ3) is 6.14. The number of hydrogen-bond donors (Lipinski definition) is 2. The van der Waals surface area contributed by atoms with Crippen molar-refractivity contribution in [3.05, 3.63) is 35.7 Å². The van der Waals surface area contributed by atoms with Gasteiger partial charge in [0.2, 0.25) is 5.91 Å². The van der Waals surface area contributed by atoms with Crippen molar-refractivity contribution in [2.24, 2.45) is 4.99 Å². The van der Waals surface area contributed by atoms with Crippen molar-refractivity contribution in [2.75, 3.05) is 58.4 Å². The van der Waals surface area contributed by atoms with Crippen LogP contribution in [0, 0.1) is 0 Å². The summed E-state index contributed by atoms with van der Waals surface area (Å²) in [4.78, 5) is 39.8. The number of hydrogen-bond acceptors (Lipinski definition) is 7. The molecule has 3 heterocycles. The van der Waals surface area contributed by atoms with Crippen molar-refractivity contribution in [1.82, 2.24) is 25.4 Å². The second kappa shape index (κ2) is 11.2. The number of rotatable bonds is 5. The highest BCUT2D eigenvalue weighted by atomic mass is 16.2. The number of piperazine rings is 1. The molecule has 2 aliphatic rings. The van der Waals surface area contributed by atoms with Crippen LogP contribution >= 0.6 is 0 Å². The molecular formula is C23H35N7O2. The van der Waals surface area contributed by atoms with Crippen molar-refractivity contribution >= 4 is 23.7 Å². The van der Waals surface area contributed by atoms with Gasteiger partial charge in [-0.3, -0.25) is 24.4 Å². The number of aliphatic imine (C=N–C) groups is 1. The van der Waals surface area contributed by atoms with Crippen LogP contribution in [0.4, 0.5) is 5.69 Å². The molecule has 1 saturated heterocycles. The van der Waals surface area contributed by atoms with Crippen molar-refractivity contribution in [3.8, 4) is 0 Å². The van der Waals surface area contributed by atoms with Crippen LogP contribution < -0.4 is 15.5 Å². The fourth-order valence-corrected chi connectivity index (χ4v) is 4.16. The van der Waals surface area contributed by atoms with Crippen LogP contribution in [0.15, 0.2) is 35.0 Å². The summed E-state index contributed by atoms with van der Waals surface area (Å²) in [6.45, 7) is 8.94. The molecule has 174 valence electrons. The number of aromatic nitrogens is 1. The Labute approximate surface area is 190 Å². The van der Waals surface area contributed by atoms with E-state index in [1.165, 1.54) is 0 Å². The van der Waals surface area contributed by atoms with Gasteiger partial charge < -0.3 is 15.5 Å². The van der Waals surface area contributed by atoms with Gasteiger partial charge in [0.05, 0.1) is 24.6 Å². The van der Waals surface area contributed by atoms with Gasteiger partial charge in [-0.2, -0.15) is 0 Å². The van der Waals surface area contributed by atoms with Crippen LogP contribution in [0.3, 0.4) is 0 Å². The molecule has 2 atom stereocenters. The first-order valence-corrected chi connectivity index (χ1v) is 11.3. The molecule has 1 aromatic rings. The highest BCUT2D eigenvalue weighted by Crippen LogP contribution is 2.16. The van der Waals surface area contributed by atoms with Gasteiger partial charge in [0.15, 0.2) is 0 Å². The Bertz CT molecular complexity index is 844. The summed E-state index contributed by atoms with van der Waals surface area (Å²) in [6.07, 6.45) is 6.58. The average molecular weight is 442 g/mol. The molecular weight excluding hydrogens is 406 g/mol. The van der Waals surface area contributed by atoms with Crippen molar-refractivity contribution in [2.45, 2.75) is 32.4 Å². The first-order valence-electron chi connectivity index (χ1n) is 11.3. The van der Waals surface area contributed by atoms with Crippen LogP contribution in [0.1, 0.15) is 30.8 Å². The van der Waals surface area contributed by atoms with Crippen LogP contribution in [-0.4, -0.2) is 98.4 Å². The first kappa shape index (κ1) is 23.9. The number of carbonyl (C=O) groups excluding carboxylic acids is 2. The molecule has 0 aliphatic carbocycles. The molecule has 0 spiro atoms. The normalized spacial score (nSPS) is 25.1. The summed E-state index contributed by atoms with van der Waals surface area (Å²) in [6, 6.07) is 3.51. The minimum absolute atomic E-state index is 0.0456. The highest BCUT2D eigenvalue weighted by molar-refractivity contribution is 5.92. The van der Waals surface area contributed by atoms with Crippen LogP contribution in [-0.2, 0) is 4.79 Å². The fourth-order valence-electron chi connectivity index (χ4n) is 4.16. The third-order valence-electron chi connectivity index (χ3n) is 5.97. The summed E-state index contributed by atoms with van der Waals surface area (Å²) in [5.41, 5.74) is 2.57. The monoisotopic (exact) mass is 441 g/mol. The van der Waals surface area contributed by atoms with E-state index in [2.05, 4.69) is 36.5 Å². The Kier molecular flexibility index (Phi) is 8.35. The molecule has 0 radical (unpaired) electrons. The number of likely N-dealkylation sites (N-methyl/N-ethyl adjacent to an activating group) is 1. The van der Waals surface area contributed by atoms with E-state index in [0.717, 1.165) is 50.4 Å². The van der Waals surface area contributed by atoms with Gasteiger partial charge in [-0.05, 0) is 38.1 Å². The number of nitrogens with one attached hydrogen (secondary N) is 2. The number of nitrogens with zero attached hydrogens (tertiary/aromatic N) is 5. The van der Waals surface area contributed by atoms with Gasteiger partial charge in [-0.25, -0.2) is 4.98 Å². The molecule has 9 heteroatoms. The van der Waals surface area contributed by atoms with E-state index < -0.39 is 0 Å². The second-order valence-electron chi connectivity index (χ2n) is 8.42. The molecule has 1 aromatic heterocycles. The Hall–Kier alpha value is -2.78. The summed E-state index contributed by atoms with van der Waals surface area (Å²) >= 11 is 0. The van der Waals surface area contributed by atoms with Crippen LogP contribution in [0.25, 0.3) is 0 Å². The van der Waals surface area contributed by atoms with Gasteiger partial charge in [0.1, 0.15) is 5.69 Å². The highest BCUT2D eigenvalue weighted by Gasteiger charge is 2.23. The lowest BCUT2D eigenvalue weighted by molar-refractivity contribution is -0.126. The van der Waals surface area contributed by atoms with Gasteiger partial charge in [0.25, 0.3) is 5.91 Å². The van der Waals surface area contributed by atoms with E-state index in [0.29, 0.717) is 12.4 Å². The smallest absolute Gasteiger partial charge is 0.269 e. The topological polar surface area (TPSA) is 93.2 Å². The van der Waals surface area contributed by atoms with Gasteiger partial charge in [0, 0.05) is 52.0 Å². The Balaban J connectivity index is 1.58. The van der Waals surface area contributed by atoms with Crippen molar-refractivity contribution in [3.63, 3.8) is 0 Å². The van der Waals surface area contributed by atoms with Gasteiger partial charge >= 0.3 is 0 Å². The molecule has 3 rings (SSSR count). The lowest BCUT2D eigenvalue weighted by Crippen LogP contribution is -2.48. The molecule has 2 unspecified atom stereocenters. The standard InChI is InChI=1S/C23H35N7O2/c1-5-21-23(32)27-17(2)12-18(13-25-16-28(21)4)15-29-8-10-30(11-9-29)19-6-7-20(26-14-19)22(31)24-3/h6-7,12-14,17,21H,5,8-11,15-16H2,1-4H3,(H,24,31)(H,27,32)/b18-12+,25-13?. The van der Waals surface area contributed by atoms with E-state index in [9.17, 15) is 9.59 Å². The molecule has 9 nitrogen and oxygen atoms in total. The molecule has 0 bridgehead atoms. The van der Waals surface area contributed by atoms with E-state index in [1.54, 1.807) is 19.3 Å². The predicted octanol–water partition coefficient (Wildman–Crippen LogP) is 0.747. The lowest BCUT2D eigenvalue weighted by atomic mass is 10.1. The zero-order valence-corrected chi connectivity index (χ0v) is 19.5. The van der Waals surface area contributed by atoms with E-state index in [4.69, 9.17) is 0 Å². The summed E-state index contributed by atoms with van der Waals surface area (Å²) in [5, 5.41) is 5.70. The van der Waals surface area contributed by atoms with E-state index in [-0.39, 0.29) is 23.9 Å². The Morgan fingerprint density at radius 1 is 1.25 bits per heavy atom. The van der Waals surface area contributed by atoms with Gasteiger partial charge in [-0.15, -0.1) is 0 Å². The molecule has 0 saturated carbocycles. The Morgan fingerprint density at radius 3 is 2.62 bits per heavy atom. The van der Waals surface area contributed by atoms with Crippen molar-refractivity contribution < 1.29 is 9.59 Å². The van der Waals surface area contributed by atoms with Crippen LogP contribution in [0.2, 0.25) is 0 Å². The average Bonchev–Trinajstić information content (AvgIpc) is 2.79. The number of amides is 2. The predicted molar refractivity (Wildman–Crippen MR) is 127 cm³/mol. The molecule has 32 heavy (non-hydrogen) atoms. The quantitative estimate of drug-likeness (QED) is 0.700. The van der Waals surface area contributed by atoms with Crippen LogP contribution in [0.5, 0.6) is 0 Å². The minimum atomic E-state index is -0.177. The number of anilines is 1. The summed E-state index contributed by atoms with van der Waals surface area (Å²) in [7, 11) is 3.54. The molecule has 2 amide bonds. The zero-order valence-electron chi connectivity index (χ0n) is 19.5. The maximum Gasteiger partial charge on any atom is 0.269 e. The maximum absolute atomic E-state index is 12.5. The maximum atomic E-state index is 12.5. The Morgan fingerprint density at radius 2 is 2.00 bits per heavy atom. The molecule has 2 N–H and O–H groups in total. The number of carbonyl (C=O) groups is 2. The van der Waals surface area contributed by atoms with Crippen molar-refractivity contribution in [1.29, 1.82) is 0 Å². The third-order valence-corrected chi connectivity index (χ3v) is 5.97. The SMILES string of the molecule is CCC1C(=O)NC(C)/C=C(/CN2CCN(c3ccc(C(=O)NC)nc3)CC2)C=NCN1C. The van der Waals surface area contributed by atoms with E-state index >= 15 is 0 Å². The second-order valence-corrected chi connectivity index (χ2v) is 8.42. The molecule has 1 fully saturated rings. The number of pyridine rings is 1. The first-order chi connectivity index (χ1) is 15.4. The molecule has 2 aliphatic heterocycles. The van der Waals surface area contributed by atoms with E-state index in [1.807, 2.05) is 38.1 Å². The largest absolute Gasteiger partial charge is 0.368 e. The summed E-state index contributed by atoms with van der Waals surface area (Å²) < 4.78 is 0.